The van der Waals surface area contributed by atoms with Crippen molar-refractivity contribution in [3.63, 3.8) is 0 Å². The van der Waals surface area contributed by atoms with Crippen molar-refractivity contribution < 1.29 is 9.53 Å². The van der Waals surface area contributed by atoms with Gasteiger partial charge in [-0.3, -0.25) is 18.7 Å². The number of ketones is 1. The fraction of sp³-hybridized carbons (Fsp3) is 0.294. The number of hydrogen-bond donors (Lipinski definition) is 1. The minimum absolute atomic E-state index is 0.144. The highest BCUT2D eigenvalue weighted by Crippen LogP contribution is 2.26. The number of rotatable bonds is 7. The smallest absolute Gasteiger partial charge is 0.332 e. The highest BCUT2D eigenvalue weighted by molar-refractivity contribution is 7.99. The van der Waals surface area contributed by atoms with E-state index in [2.05, 4.69) is 15.5 Å². The second-order valence-corrected chi connectivity index (χ2v) is 6.89. The Labute approximate surface area is 169 Å². The molecule has 0 saturated carbocycles. The number of carbonyl (C=O) groups excluding carboxylic acids is 1. The molecule has 0 aliphatic rings. The molecule has 2 N–H and O–H groups in total. The Bertz CT molecular complexity index is 1180. The zero-order valence-electron chi connectivity index (χ0n) is 16.0. The number of tetrazole rings is 1. The van der Waals surface area contributed by atoms with Gasteiger partial charge in [-0.1, -0.05) is 23.9 Å². The number of aromatic nitrogens is 6. The molecular formula is C17H19N7O4S. The van der Waals surface area contributed by atoms with Crippen LogP contribution in [0.3, 0.4) is 0 Å². The van der Waals surface area contributed by atoms with Crippen LogP contribution in [-0.2, 0) is 14.1 Å². The van der Waals surface area contributed by atoms with Crippen molar-refractivity contribution in [2.24, 2.45) is 14.1 Å². The predicted molar refractivity (Wildman–Crippen MR) is 107 cm³/mol. The number of ether oxygens (including phenoxy) is 1. The lowest BCUT2D eigenvalue weighted by atomic mass is 10.2. The first-order valence-electron chi connectivity index (χ1n) is 8.58. The van der Waals surface area contributed by atoms with E-state index in [1.807, 2.05) is 19.1 Å². The number of hydrogen-bond acceptors (Lipinski definition) is 9. The molecule has 29 heavy (non-hydrogen) atoms. The Hall–Kier alpha value is -3.41. The molecule has 2 aromatic heterocycles. The van der Waals surface area contributed by atoms with Gasteiger partial charge in [-0.05, 0) is 29.5 Å². The fourth-order valence-electron chi connectivity index (χ4n) is 2.65. The molecule has 1 aromatic carbocycles. The standard InChI is InChI=1S/C17H19N7O4S/c1-4-28-12-8-6-5-7-10(12)24-16(19-20-21-24)29-9-11(25)13-14(18)22(2)17(27)23(3)15(13)26/h5-8H,4,9,18H2,1-3H3. The molecule has 11 nitrogen and oxygen atoms in total. The van der Waals surface area contributed by atoms with Crippen LogP contribution < -0.4 is 21.7 Å². The monoisotopic (exact) mass is 417 g/mol. The summed E-state index contributed by atoms with van der Waals surface area (Å²) in [6, 6.07) is 7.21. The number of nitrogens with zero attached hydrogens (tertiary/aromatic N) is 6. The molecule has 3 rings (SSSR count). The van der Waals surface area contributed by atoms with Gasteiger partial charge in [0.15, 0.2) is 5.78 Å². The van der Waals surface area contributed by atoms with Gasteiger partial charge in [-0.15, -0.1) is 5.10 Å². The zero-order valence-corrected chi connectivity index (χ0v) is 16.8. The van der Waals surface area contributed by atoms with Crippen molar-refractivity contribution in [3.05, 3.63) is 50.7 Å². The molecule has 0 aliphatic carbocycles. The highest BCUT2D eigenvalue weighted by atomic mass is 32.2. The summed E-state index contributed by atoms with van der Waals surface area (Å²) in [6.07, 6.45) is 0. The molecule has 0 radical (unpaired) electrons. The Balaban J connectivity index is 1.89. The Morgan fingerprint density at radius 1 is 1.21 bits per heavy atom. The second-order valence-electron chi connectivity index (χ2n) is 5.95. The summed E-state index contributed by atoms with van der Waals surface area (Å²) < 4.78 is 8.94. The number of nitrogen functional groups attached to an aromatic ring is 1. The van der Waals surface area contributed by atoms with Crippen LogP contribution in [0.25, 0.3) is 5.69 Å². The van der Waals surface area contributed by atoms with E-state index < -0.39 is 17.0 Å². The minimum Gasteiger partial charge on any atom is -0.492 e. The first-order valence-corrected chi connectivity index (χ1v) is 9.57. The quantitative estimate of drug-likeness (QED) is 0.416. The van der Waals surface area contributed by atoms with Gasteiger partial charge >= 0.3 is 5.69 Å². The van der Waals surface area contributed by atoms with Gasteiger partial charge in [0, 0.05) is 14.1 Å². The summed E-state index contributed by atoms with van der Waals surface area (Å²) in [6.45, 7) is 2.33. The summed E-state index contributed by atoms with van der Waals surface area (Å²) in [5.74, 6) is -0.262. The zero-order chi connectivity index (χ0) is 21.1. The number of Topliss-reactive ketones (excluding diaryl/α,β-unsaturated/α-hetero) is 1. The molecule has 0 bridgehead atoms. The third-order valence-electron chi connectivity index (χ3n) is 4.16. The van der Waals surface area contributed by atoms with E-state index in [-0.39, 0.29) is 17.1 Å². The lowest BCUT2D eigenvalue weighted by Crippen LogP contribution is -2.41. The van der Waals surface area contributed by atoms with Crippen LogP contribution in [0.15, 0.2) is 39.0 Å². The van der Waals surface area contributed by atoms with Gasteiger partial charge in [0.1, 0.15) is 22.8 Å². The maximum atomic E-state index is 12.7. The average molecular weight is 417 g/mol. The fourth-order valence-corrected chi connectivity index (χ4v) is 3.41. The van der Waals surface area contributed by atoms with Crippen LogP contribution in [0.2, 0.25) is 0 Å². The highest BCUT2D eigenvalue weighted by Gasteiger charge is 2.22. The largest absolute Gasteiger partial charge is 0.492 e. The molecule has 3 aromatic rings. The molecule has 0 aliphatic heterocycles. The molecule has 0 saturated heterocycles. The first kappa shape index (κ1) is 20.3. The van der Waals surface area contributed by atoms with E-state index in [0.717, 1.165) is 20.9 Å². The lowest BCUT2D eigenvalue weighted by molar-refractivity contribution is 0.102. The Morgan fingerprint density at radius 2 is 1.93 bits per heavy atom. The number of para-hydroxylation sites is 2. The summed E-state index contributed by atoms with van der Waals surface area (Å²) in [7, 11) is 2.69. The maximum Gasteiger partial charge on any atom is 0.332 e. The number of benzene rings is 1. The maximum absolute atomic E-state index is 12.7. The van der Waals surface area contributed by atoms with Crippen LogP contribution in [0.5, 0.6) is 5.75 Å². The van der Waals surface area contributed by atoms with Crippen molar-refractivity contribution in [2.45, 2.75) is 12.1 Å². The molecule has 2 heterocycles. The first-order chi connectivity index (χ1) is 13.9. The topological polar surface area (TPSA) is 140 Å². The van der Waals surface area contributed by atoms with Crippen molar-refractivity contribution in [1.82, 2.24) is 29.3 Å². The molecule has 0 spiro atoms. The van der Waals surface area contributed by atoms with Gasteiger partial charge < -0.3 is 10.5 Å². The summed E-state index contributed by atoms with van der Waals surface area (Å²) in [5.41, 5.74) is 4.87. The second kappa shape index (κ2) is 8.31. The van der Waals surface area contributed by atoms with Crippen molar-refractivity contribution in [2.75, 3.05) is 18.1 Å². The predicted octanol–water partition coefficient (Wildman–Crippen LogP) is 0.0156. The average Bonchev–Trinajstić information content (AvgIpc) is 3.18. The van der Waals surface area contributed by atoms with Crippen molar-refractivity contribution >= 4 is 23.4 Å². The van der Waals surface area contributed by atoms with Crippen LogP contribution >= 0.6 is 11.8 Å². The molecule has 0 atom stereocenters. The third-order valence-corrected chi connectivity index (χ3v) is 5.07. The minimum atomic E-state index is -0.738. The number of anilines is 1. The molecule has 152 valence electrons. The third kappa shape index (κ3) is 3.78. The summed E-state index contributed by atoms with van der Waals surface area (Å²) >= 11 is 1.04. The summed E-state index contributed by atoms with van der Waals surface area (Å²) in [5, 5.41) is 11.9. The number of thioether (sulfide) groups is 1. The Morgan fingerprint density at radius 3 is 2.66 bits per heavy atom. The SMILES string of the molecule is CCOc1ccccc1-n1nnnc1SCC(=O)c1c(N)n(C)c(=O)n(C)c1=O. The van der Waals surface area contributed by atoms with Crippen LogP contribution in [-0.4, -0.2) is 47.5 Å². The van der Waals surface area contributed by atoms with E-state index in [9.17, 15) is 14.4 Å². The van der Waals surface area contributed by atoms with E-state index in [0.29, 0.717) is 23.2 Å². The Kier molecular flexibility index (Phi) is 5.82. The van der Waals surface area contributed by atoms with Crippen molar-refractivity contribution in [3.8, 4) is 11.4 Å². The van der Waals surface area contributed by atoms with Gasteiger partial charge in [0.2, 0.25) is 5.16 Å². The number of nitrogens with two attached hydrogens (primary N) is 1. The lowest BCUT2D eigenvalue weighted by Gasteiger charge is -2.11. The van der Waals surface area contributed by atoms with E-state index in [1.54, 1.807) is 12.1 Å². The summed E-state index contributed by atoms with van der Waals surface area (Å²) in [4.78, 5) is 36.9. The van der Waals surface area contributed by atoms with Crippen LogP contribution in [0.4, 0.5) is 5.82 Å². The molecule has 12 heteroatoms. The molecule has 0 fully saturated rings. The van der Waals surface area contributed by atoms with Crippen LogP contribution in [0, 0.1) is 0 Å². The van der Waals surface area contributed by atoms with Gasteiger partial charge in [-0.25, -0.2) is 4.79 Å². The van der Waals surface area contributed by atoms with E-state index in [1.165, 1.54) is 18.8 Å². The molecule has 0 unspecified atom stereocenters. The van der Waals surface area contributed by atoms with E-state index >= 15 is 0 Å². The van der Waals surface area contributed by atoms with Crippen LogP contribution in [0.1, 0.15) is 17.3 Å². The molecular weight excluding hydrogens is 398 g/mol. The number of carbonyl (C=O) groups is 1. The van der Waals surface area contributed by atoms with E-state index in [4.69, 9.17) is 10.5 Å². The normalized spacial score (nSPS) is 10.9. The van der Waals surface area contributed by atoms with Gasteiger partial charge in [-0.2, -0.15) is 4.68 Å². The van der Waals surface area contributed by atoms with Gasteiger partial charge in [0.05, 0.1) is 12.4 Å². The molecule has 0 amide bonds. The van der Waals surface area contributed by atoms with Gasteiger partial charge in [0.25, 0.3) is 5.56 Å². The van der Waals surface area contributed by atoms with Crippen molar-refractivity contribution in [1.29, 1.82) is 0 Å².